The van der Waals surface area contributed by atoms with Gasteiger partial charge in [-0.15, -0.1) is 0 Å². The second kappa shape index (κ2) is 10.4. The number of nitrogens with one attached hydrogen (secondary N) is 1. The molecule has 3 aromatic rings. The van der Waals surface area contributed by atoms with Crippen LogP contribution in [0.5, 0.6) is 11.5 Å². The number of aryl methyl sites for hydroxylation is 2. The average molecular weight is 466 g/mol. The molecule has 1 saturated heterocycles. The standard InChI is InChI=1S/C25H26N2O7/c1-15-22(27-23(33-15)17-8-4-3-5-9-17)19(28)14-32-20-12-11-16(13-21(20)31-2)7-6-10-18-24(29)34-25(30)26-18/h3-5,8-9,11-13,18-19,28H,6-7,10,14H2,1-2H3,(H,26,30). The van der Waals surface area contributed by atoms with Crippen molar-refractivity contribution >= 4 is 12.1 Å². The highest BCUT2D eigenvalue weighted by Crippen LogP contribution is 2.31. The third kappa shape index (κ3) is 5.37. The lowest BCUT2D eigenvalue weighted by molar-refractivity contribution is -0.135. The molecule has 178 valence electrons. The summed E-state index contributed by atoms with van der Waals surface area (Å²) in [6, 6.07) is 14.4. The molecule has 9 nitrogen and oxygen atoms in total. The number of carbonyl (C=O) groups excluding carboxylic acids is 2. The van der Waals surface area contributed by atoms with Crippen molar-refractivity contribution in [1.82, 2.24) is 10.3 Å². The average Bonchev–Trinajstić information content (AvgIpc) is 3.39. The lowest BCUT2D eigenvalue weighted by Crippen LogP contribution is -2.28. The van der Waals surface area contributed by atoms with Crippen LogP contribution in [-0.2, 0) is 16.0 Å². The minimum Gasteiger partial charge on any atom is -0.493 e. The minimum atomic E-state index is -0.980. The minimum absolute atomic E-state index is 0.0270. The maximum atomic E-state index is 11.5. The number of amides is 1. The smallest absolute Gasteiger partial charge is 0.415 e. The lowest BCUT2D eigenvalue weighted by Gasteiger charge is -2.15. The summed E-state index contributed by atoms with van der Waals surface area (Å²) in [5.74, 6) is 1.45. The van der Waals surface area contributed by atoms with Gasteiger partial charge in [-0.25, -0.2) is 14.6 Å². The molecule has 1 aromatic heterocycles. The summed E-state index contributed by atoms with van der Waals surface area (Å²) < 4.78 is 21.5. The molecule has 4 rings (SSSR count). The molecule has 0 bridgehead atoms. The number of benzene rings is 2. The van der Waals surface area contributed by atoms with Crippen LogP contribution < -0.4 is 14.8 Å². The molecule has 0 radical (unpaired) electrons. The van der Waals surface area contributed by atoms with E-state index in [4.69, 9.17) is 13.9 Å². The third-order valence-corrected chi connectivity index (χ3v) is 5.52. The van der Waals surface area contributed by atoms with Crippen LogP contribution in [-0.4, -0.2) is 41.9 Å². The molecule has 2 unspecified atom stereocenters. The van der Waals surface area contributed by atoms with Crippen molar-refractivity contribution in [2.24, 2.45) is 0 Å². The molecule has 2 aromatic carbocycles. The van der Waals surface area contributed by atoms with E-state index < -0.39 is 24.2 Å². The van der Waals surface area contributed by atoms with Crippen LogP contribution in [0, 0.1) is 6.92 Å². The first-order chi connectivity index (χ1) is 16.4. The van der Waals surface area contributed by atoms with E-state index in [-0.39, 0.29) is 6.61 Å². The normalized spacial score (nSPS) is 16.1. The Bertz CT molecular complexity index is 1160. The van der Waals surface area contributed by atoms with Gasteiger partial charge in [-0.1, -0.05) is 24.3 Å². The van der Waals surface area contributed by atoms with Crippen LogP contribution >= 0.6 is 0 Å². The number of ether oxygens (including phenoxy) is 3. The van der Waals surface area contributed by atoms with Gasteiger partial charge in [0, 0.05) is 5.56 Å². The molecular weight excluding hydrogens is 440 g/mol. The number of esters is 1. The Balaban J connectivity index is 1.34. The maximum Gasteiger partial charge on any atom is 0.415 e. The summed E-state index contributed by atoms with van der Waals surface area (Å²) in [7, 11) is 1.54. The van der Waals surface area contributed by atoms with Gasteiger partial charge in [0.25, 0.3) is 0 Å². The fourth-order valence-corrected chi connectivity index (χ4v) is 3.75. The van der Waals surface area contributed by atoms with Crippen LogP contribution in [0.1, 0.15) is 36.0 Å². The highest BCUT2D eigenvalue weighted by Gasteiger charge is 2.31. The number of cyclic esters (lactones) is 2. The number of rotatable bonds is 10. The van der Waals surface area contributed by atoms with E-state index in [9.17, 15) is 14.7 Å². The van der Waals surface area contributed by atoms with E-state index in [1.807, 2.05) is 42.5 Å². The summed E-state index contributed by atoms with van der Waals surface area (Å²) >= 11 is 0. The van der Waals surface area contributed by atoms with Crippen LogP contribution in [0.3, 0.4) is 0 Å². The maximum absolute atomic E-state index is 11.5. The number of hydrogen-bond acceptors (Lipinski definition) is 8. The number of carbonyl (C=O) groups is 2. The predicted octanol–water partition coefficient (Wildman–Crippen LogP) is 3.73. The first-order valence-corrected chi connectivity index (χ1v) is 11.0. The molecular formula is C25H26N2O7. The number of nitrogens with zero attached hydrogens (tertiary/aromatic N) is 1. The molecule has 2 atom stereocenters. The highest BCUT2D eigenvalue weighted by atomic mass is 16.6. The van der Waals surface area contributed by atoms with E-state index in [1.54, 1.807) is 20.1 Å². The van der Waals surface area contributed by atoms with Gasteiger partial charge < -0.3 is 29.1 Å². The summed E-state index contributed by atoms with van der Waals surface area (Å²) in [4.78, 5) is 27.1. The Morgan fingerprint density at radius 1 is 1.15 bits per heavy atom. The first-order valence-electron chi connectivity index (χ1n) is 11.0. The van der Waals surface area contributed by atoms with Crippen molar-refractivity contribution in [1.29, 1.82) is 0 Å². The van der Waals surface area contributed by atoms with Gasteiger partial charge in [0.05, 0.1) is 7.11 Å². The fraction of sp³-hybridized carbons (Fsp3) is 0.320. The number of hydrogen-bond donors (Lipinski definition) is 2. The zero-order chi connectivity index (χ0) is 24.1. The molecule has 0 aliphatic carbocycles. The van der Waals surface area contributed by atoms with Crippen LogP contribution in [0.25, 0.3) is 11.5 Å². The Hall–Kier alpha value is -3.85. The van der Waals surface area contributed by atoms with E-state index in [0.717, 1.165) is 11.1 Å². The molecule has 2 heterocycles. The second-order valence-corrected chi connectivity index (χ2v) is 7.94. The number of methoxy groups -OCH3 is 1. The van der Waals surface area contributed by atoms with Gasteiger partial charge in [-0.3, -0.25) is 0 Å². The van der Waals surface area contributed by atoms with Crippen LogP contribution in [0.4, 0.5) is 4.79 Å². The number of aromatic nitrogens is 1. The zero-order valence-corrected chi connectivity index (χ0v) is 18.9. The van der Waals surface area contributed by atoms with Crippen molar-refractivity contribution in [2.75, 3.05) is 13.7 Å². The lowest BCUT2D eigenvalue weighted by atomic mass is 10.0. The topological polar surface area (TPSA) is 120 Å². The molecule has 9 heteroatoms. The van der Waals surface area contributed by atoms with E-state index in [0.29, 0.717) is 48.1 Å². The monoisotopic (exact) mass is 466 g/mol. The van der Waals surface area contributed by atoms with Gasteiger partial charge in [-0.2, -0.15) is 0 Å². The van der Waals surface area contributed by atoms with Gasteiger partial charge in [0.1, 0.15) is 30.2 Å². The van der Waals surface area contributed by atoms with Crippen LogP contribution in [0.2, 0.25) is 0 Å². The summed E-state index contributed by atoms with van der Waals surface area (Å²) in [5, 5.41) is 13.1. The first kappa shape index (κ1) is 23.3. The van der Waals surface area contributed by atoms with E-state index in [2.05, 4.69) is 15.0 Å². The molecule has 1 aliphatic rings. The van der Waals surface area contributed by atoms with Crippen molar-refractivity contribution in [3.63, 3.8) is 0 Å². The second-order valence-electron chi connectivity index (χ2n) is 7.94. The van der Waals surface area contributed by atoms with E-state index in [1.165, 1.54) is 0 Å². The molecule has 1 amide bonds. The number of aliphatic hydroxyl groups excluding tert-OH is 1. The van der Waals surface area contributed by atoms with Gasteiger partial charge >= 0.3 is 12.1 Å². The van der Waals surface area contributed by atoms with Crippen molar-refractivity contribution in [2.45, 2.75) is 38.3 Å². The SMILES string of the molecule is COc1cc(CCCC2NC(=O)OC2=O)ccc1OCC(O)c1nc(-c2ccccc2)oc1C. The Morgan fingerprint density at radius 2 is 1.94 bits per heavy atom. The Labute approximate surface area is 196 Å². The summed E-state index contributed by atoms with van der Waals surface area (Å²) in [5.41, 5.74) is 2.24. The van der Waals surface area contributed by atoms with Crippen LogP contribution in [0.15, 0.2) is 52.9 Å². The van der Waals surface area contributed by atoms with Crippen molar-refractivity contribution in [3.05, 3.63) is 65.5 Å². The number of oxazole rings is 1. The predicted molar refractivity (Wildman–Crippen MR) is 121 cm³/mol. The fourth-order valence-electron chi connectivity index (χ4n) is 3.75. The molecule has 1 aliphatic heterocycles. The van der Waals surface area contributed by atoms with E-state index >= 15 is 0 Å². The molecule has 1 fully saturated rings. The quantitative estimate of drug-likeness (QED) is 0.343. The Morgan fingerprint density at radius 3 is 2.65 bits per heavy atom. The number of aliphatic hydroxyl groups is 1. The van der Waals surface area contributed by atoms with Gasteiger partial charge in [0.2, 0.25) is 5.89 Å². The number of alkyl carbamates (subject to hydrolysis) is 1. The third-order valence-electron chi connectivity index (χ3n) is 5.52. The Kier molecular flexibility index (Phi) is 7.12. The summed E-state index contributed by atoms with van der Waals surface area (Å²) in [6.07, 6.45) is 0.167. The van der Waals surface area contributed by atoms with Crippen molar-refractivity contribution < 1.29 is 33.3 Å². The van der Waals surface area contributed by atoms with Gasteiger partial charge in [-0.05, 0) is 56.0 Å². The largest absolute Gasteiger partial charge is 0.493 e. The molecule has 0 saturated carbocycles. The van der Waals surface area contributed by atoms with Crippen molar-refractivity contribution in [3.8, 4) is 23.0 Å². The zero-order valence-electron chi connectivity index (χ0n) is 18.9. The molecule has 2 N–H and O–H groups in total. The summed E-state index contributed by atoms with van der Waals surface area (Å²) in [6.45, 7) is 1.73. The molecule has 34 heavy (non-hydrogen) atoms. The molecule has 0 spiro atoms. The highest BCUT2D eigenvalue weighted by molar-refractivity contribution is 5.95. The van der Waals surface area contributed by atoms with Gasteiger partial charge in [0.15, 0.2) is 11.5 Å².